The molecule has 42 heavy (non-hydrogen) atoms. The van der Waals surface area contributed by atoms with Crippen molar-refractivity contribution in [2.24, 2.45) is 39.9 Å². The number of aliphatic hydroxyl groups is 4. The highest BCUT2D eigenvalue weighted by Gasteiger charge is 2.68. The van der Waals surface area contributed by atoms with Crippen LogP contribution < -0.4 is 0 Å². The number of rotatable bonds is 7. The molecule has 0 aromatic carbocycles. The van der Waals surface area contributed by atoms with Gasteiger partial charge in [-0.15, -0.1) is 0 Å². The normalized spacial score (nSPS) is 44.3. The van der Waals surface area contributed by atoms with Gasteiger partial charge in [0.1, 0.15) is 17.8 Å². The lowest BCUT2D eigenvalue weighted by Gasteiger charge is -2.65. The molecule has 0 bridgehead atoms. The van der Waals surface area contributed by atoms with Gasteiger partial charge in [-0.25, -0.2) is 0 Å². The van der Waals surface area contributed by atoms with Crippen molar-refractivity contribution in [2.45, 2.75) is 117 Å². The molecule has 3 fully saturated rings. The Morgan fingerprint density at radius 2 is 1.81 bits per heavy atom. The Balaban J connectivity index is 1.72. The number of ether oxygens (including phenoxy) is 3. The molecule has 1 aliphatic heterocycles. The van der Waals surface area contributed by atoms with E-state index in [4.69, 9.17) is 14.2 Å². The summed E-state index contributed by atoms with van der Waals surface area (Å²) in [5, 5.41) is 44.3. The Morgan fingerprint density at radius 1 is 1.17 bits per heavy atom. The lowest BCUT2D eigenvalue weighted by Crippen LogP contribution is -2.65. The van der Waals surface area contributed by atoms with Crippen molar-refractivity contribution in [1.82, 2.24) is 0 Å². The third-order valence-electron chi connectivity index (χ3n) is 12.0. The fourth-order valence-electron chi connectivity index (χ4n) is 9.79. The Kier molecular flexibility index (Phi) is 8.66. The number of fused-ring (bicyclic) bond motifs is 3. The summed E-state index contributed by atoms with van der Waals surface area (Å²) in [6.07, 6.45) is 2.41. The van der Waals surface area contributed by atoms with Gasteiger partial charge in [0.15, 0.2) is 0 Å². The molecule has 9 heteroatoms. The predicted octanol–water partition coefficient (Wildman–Crippen LogP) is 3.67. The van der Waals surface area contributed by atoms with E-state index >= 15 is 0 Å². The molecule has 0 unspecified atom stereocenters. The monoisotopic (exact) mass is 592 g/mol. The van der Waals surface area contributed by atoms with Crippen LogP contribution in [0.25, 0.3) is 0 Å². The molecule has 1 saturated heterocycles. The summed E-state index contributed by atoms with van der Waals surface area (Å²) >= 11 is 0. The Morgan fingerprint density at radius 3 is 2.33 bits per heavy atom. The molecule has 4 rings (SSSR count). The predicted molar refractivity (Wildman–Crippen MR) is 156 cm³/mol. The van der Waals surface area contributed by atoms with Crippen LogP contribution in [0.3, 0.4) is 0 Å². The van der Waals surface area contributed by atoms with Gasteiger partial charge >= 0.3 is 11.9 Å². The topological polar surface area (TPSA) is 143 Å². The van der Waals surface area contributed by atoms with E-state index in [1.54, 1.807) is 0 Å². The fourth-order valence-corrected chi connectivity index (χ4v) is 9.79. The number of carbonyl (C=O) groups is 2. The van der Waals surface area contributed by atoms with Gasteiger partial charge < -0.3 is 34.6 Å². The first-order valence-electron chi connectivity index (χ1n) is 15.3. The van der Waals surface area contributed by atoms with Crippen LogP contribution in [0.15, 0.2) is 23.8 Å². The Hall–Kier alpha value is -1.78. The van der Waals surface area contributed by atoms with Crippen LogP contribution in [0.1, 0.15) is 87.0 Å². The first-order valence-corrected chi connectivity index (χ1v) is 15.3. The maximum atomic E-state index is 12.6. The average molecular weight is 593 g/mol. The minimum atomic E-state index is -2.05. The van der Waals surface area contributed by atoms with Gasteiger partial charge in [0, 0.05) is 17.8 Å². The summed E-state index contributed by atoms with van der Waals surface area (Å²) in [4.78, 5) is 24.9. The molecular formula is C33H52O9. The van der Waals surface area contributed by atoms with Gasteiger partial charge in [0.25, 0.3) is 0 Å². The molecule has 11 atom stereocenters. The van der Waals surface area contributed by atoms with Crippen LogP contribution in [-0.2, 0) is 23.8 Å². The lowest BCUT2D eigenvalue weighted by atomic mass is 9.40. The number of carbonyl (C=O) groups excluding carboxylic acids is 2. The smallest absolute Gasteiger partial charge is 0.309 e. The average Bonchev–Trinajstić information content (AvgIpc) is 3.24. The second-order valence-electron chi connectivity index (χ2n) is 14.7. The zero-order chi connectivity index (χ0) is 31.6. The van der Waals surface area contributed by atoms with Crippen molar-refractivity contribution in [3.8, 4) is 0 Å². The van der Waals surface area contributed by atoms with E-state index in [-0.39, 0.29) is 48.5 Å². The minimum absolute atomic E-state index is 0.0649. The SMILES string of the molecule is C=C(C)[C@@H]1C[C@@H](O)[C@@]2(C)C3=CC[C@@H]([C@H]4CO[C@](O)(C(C)(C)O)[C@H](O)C4)[C@]3(C)CC[C@@H]2[C@@]1(C)[C@H](CC(=O)OC)OC(C)=O. The van der Waals surface area contributed by atoms with Gasteiger partial charge in [-0.2, -0.15) is 0 Å². The molecule has 9 nitrogen and oxygen atoms in total. The highest BCUT2D eigenvalue weighted by atomic mass is 16.7. The fraction of sp³-hybridized carbons (Fsp3) is 0.818. The molecule has 0 aromatic rings. The van der Waals surface area contributed by atoms with Crippen LogP contribution in [-0.4, -0.2) is 75.8 Å². The highest BCUT2D eigenvalue weighted by Crippen LogP contribution is 2.71. The van der Waals surface area contributed by atoms with Crippen LogP contribution in [0.5, 0.6) is 0 Å². The van der Waals surface area contributed by atoms with Gasteiger partial charge in [0.2, 0.25) is 5.79 Å². The van der Waals surface area contributed by atoms with Crippen molar-refractivity contribution in [3.63, 3.8) is 0 Å². The number of allylic oxidation sites excluding steroid dienone is 2. The Bertz CT molecular complexity index is 1130. The van der Waals surface area contributed by atoms with Crippen LogP contribution in [0, 0.1) is 39.9 Å². The number of hydrogen-bond acceptors (Lipinski definition) is 9. The summed E-state index contributed by atoms with van der Waals surface area (Å²) in [5.74, 6) is -3.26. The second kappa shape index (κ2) is 11.0. The summed E-state index contributed by atoms with van der Waals surface area (Å²) in [6.45, 7) is 17.0. The van der Waals surface area contributed by atoms with Crippen molar-refractivity contribution in [2.75, 3.05) is 13.7 Å². The molecular weight excluding hydrogens is 540 g/mol. The zero-order valence-corrected chi connectivity index (χ0v) is 26.6. The molecule has 4 N–H and O–H groups in total. The Labute approximate surface area is 250 Å². The first kappa shape index (κ1) is 33.1. The third-order valence-corrected chi connectivity index (χ3v) is 12.0. The minimum Gasteiger partial charge on any atom is -0.469 e. The molecule has 0 radical (unpaired) electrons. The van der Waals surface area contributed by atoms with Gasteiger partial charge in [-0.1, -0.05) is 44.6 Å². The van der Waals surface area contributed by atoms with Gasteiger partial charge in [-0.3, -0.25) is 9.59 Å². The van der Waals surface area contributed by atoms with Crippen LogP contribution >= 0.6 is 0 Å². The number of hydrogen-bond donors (Lipinski definition) is 4. The van der Waals surface area contributed by atoms with Crippen LogP contribution in [0.2, 0.25) is 0 Å². The van der Waals surface area contributed by atoms with E-state index in [1.165, 1.54) is 27.9 Å². The summed E-state index contributed by atoms with van der Waals surface area (Å²) in [6, 6.07) is 0. The van der Waals surface area contributed by atoms with Crippen molar-refractivity contribution >= 4 is 11.9 Å². The second-order valence-corrected chi connectivity index (χ2v) is 14.7. The van der Waals surface area contributed by atoms with E-state index in [1.807, 2.05) is 6.92 Å². The molecule has 0 aromatic heterocycles. The van der Waals surface area contributed by atoms with Gasteiger partial charge in [-0.05, 0) is 82.0 Å². The zero-order valence-electron chi connectivity index (χ0n) is 26.6. The maximum absolute atomic E-state index is 12.6. The van der Waals surface area contributed by atoms with E-state index in [9.17, 15) is 30.0 Å². The molecule has 4 aliphatic rings. The van der Waals surface area contributed by atoms with Crippen molar-refractivity contribution in [3.05, 3.63) is 23.8 Å². The first-order chi connectivity index (χ1) is 19.3. The number of esters is 2. The largest absolute Gasteiger partial charge is 0.469 e. The molecule has 3 aliphatic carbocycles. The molecule has 2 saturated carbocycles. The van der Waals surface area contributed by atoms with Crippen LogP contribution in [0.4, 0.5) is 0 Å². The number of aliphatic hydroxyl groups excluding tert-OH is 2. The summed E-state index contributed by atoms with van der Waals surface area (Å²) in [7, 11) is 1.32. The molecule has 0 spiro atoms. The van der Waals surface area contributed by atoms with Gasteiger partial charge in [0.05, 0.1) is 26.2 Å². The molecule has 238 valence electrons. The molecule has 0 amide bonds. The third kappa shape index (κ3) is 4.87. The standard InChI is InChI=1S/C33H52O9/c1-18(2)22-15-25(35)32(8)23-11-10-21(20-14-26(36)33(39,41-17-20)29(4,5)38)30(23,6)13-12-24(32)31(22,7)27(42-19(3)34)16-28(37)40-9/h11,20-22,24-27,35-36,38-39H,1,10,12-17H2,2-9H3/t20-,21+,22+,24-,25-,26-,27+,30+,31+,32+,33+/m1/s1. The van der Waals surface area contributed by atoms with E-state index in [2.05, 4.69) is 33.4 Å². The summed E-state index contributed by atoms with van der Waals surface area (Å²) in [5.41, 5.74) is -1.27. The number of methoxy groups -OCH3 is 1. The van der Waals surface area contributed by atoms with E-state index in [0.29, 0.717) is 6.42 Å². The van der Waals surface area contributed by atoms with Crippen molar-refractivity contribution in [1.29, 1.82) is 0 Å². The van der Waals surface area contributed by atoms with E-state index in [0.717, 1.165) is 30.4 Å². The molecule has 1 heterocycles. The quantitative estimate of drug-likeness (QED) is 0.257. The maximum Gasteiger partial charge on any atom is 0.309 e. The van der Waals surface area contributed by atoms with E-state index < -0.39 is 52.5 Å². The van der Waals surface area contributed by atoms with Crippen molar-refractivity contribution < 1.29 is 44.2 Å². The summed E-state index contributed by atoms with van der Waals surface area (Å²) < 4.78 is 16.7. The lowest BCUT2D eigenvalue weighted by molar-refractivity contribution is -0.353. The highest BCUT2D eigenvalue weighted by molar-refractivity contribution is 5.71.